The number of aromatic nitrogens is 6. The Morgan fingerprint density at radius 1 is 1.20 bits per heavy atom. The van der Waals surface area contributed by atoms with Gasteiger partial charge in [-0.2, -0.15) is 5.10 Å². The first-order chi connectivity index (χ1) is 14.8. The summed E-state index contributed by atoms with van der Waals surface area (Å²) in [7, 11) is 0. The van der Waals surface area contributed by atoms with Crippen LogP contribution in [0.4, 0.5) is 10.9 Å². The van der Waals surface area contributed by atoms with Gasteiger partial charge in [-0.05, 0) is 25.0 Å². The second kappa shape index (κ2) is 8.03. The molecule has 0 radical (unpaired) electrons. The highest BCUT2D eigenvalue weighted by Crippen LogP contribution is 2.27. The van der Waals surface area contributed by atoms with Crippen molar-refractivity contribution in [2.45, 2.75) is 12.8 Å². The number of anilines is 2. The first-order valence-corrected chi connectivity index (χ1v) is 10.4. The molecule has 1 aliphatic rings. The lowest BCUT2D eigenvalue weighted by Crippen LogP contribution is -2.38. The van der Waals surface area contributed by atoms with Gasteiger partial charge in [-0.3, -0.25) is 4.79 Å². The minimum atomic E-state index is -0.0613. The van der Waals surface area contributed by atoms with Crippen molar-refractivity contribution in [3.05, 3.63) is 48.8 Å². The van der Waals surface area contributed by atoms with Crippen molar-refractivity contribution >= 4 is 28.2 Å². The quantitative estimate of drug-likeness (QED) is 0.522. The van der Waals surface area contributed by atoms with Crippen LogP contribution >= 0.6 is 11.3 Å². The summed E-state index contributed by atoms with van der Waals surface area (Å²) >= 11 is 1.39. The fourth-order valence-corrected chi connectivity index (χ4v) is 4.11. The van der Waals surface area contributed by atoms with Crippen molar-refractivity contribution < 1.29 is 9.21 Å². The lowest BCUT2D eigenvalue weighted by Gasteiger charge is -2.32. The van der Waals surface area contributed by atoms with E-state index < -0.39 is 0 Å². The molecule has 0 saturated carbocycles. The Labute approximate surface area is 175 Å². The molecule has 0 atom stereocenters. The van der Waals surface area contributed by atoms with Crippen LogP contribution in [0.2, 0.25) is 0 Å². The molecule has 4 aromatic rings. The third-order valence-electron chi connectivity index (χ3n) is 4.99. The Kier molecular flexibility index (Phi) is 4.93. The third kappa shape index (κ3) is 3.79. The van der Waals surface area contributed by atoms with E-state index in [1.807, 2.05) is 23.6 Å². The van der Waals surface area contributed by atoms with Gasteiger partial charge in [0.1, 0.15) is 30.5 Å². The number of nitrogens with zero attached hydrogens (tertiary/aromatic N) is 7. The molecule has 0 aromatic carbocycles. The zero-order valence-electron chi connectivity index (χ0n) is 15.9. The van der Waals surface area contributed by atoms with Crippen LogP contribution in [0.15, 0.2) is 53.2 Å². The van der Waals surface area contributed by atoms with Gasteiger partial charge < -0.3 is 14.6 Å². The summed E-state index contributed by atoms with van der Waals surface area (Å²) in [6.07, 6.45) is 7.66. The average molecular weight is 422 g/mol. The van der Waals surface area contributed by atoms with Crippen LogP contribution in [0.25, 0.3) is 17.3 Å². The predicted octanol–water partition coefficient (Wildman–Crippen LogP) is 2.63. The van der Waals surface area contributed by atoms with Crippen molar-refractivity contribution in [2.75, 3.05) is 23.3 Å². The first-order valence-electron chi connectivity index (χ1n) is 9.48. The Hall–Kier alpha value is -3.60. The van der Waals surface area contributed by atoms with Crippen LogP contribution < -0.4 is 10.2 Å². The van der Waals surface area contributed by atoms with Gasteiger partial charge in [0.15, 0.2) is 16.7 Å². The molecular formula is C19H18N8O2S. The Morgan fingerprint density at radius 3 is 2.83 bits per heavy atom. The third-order valence-corrected chi connectivity index (χ3v) is 5.75. The Balaban J connectivity index is 1.19. The normalized spacial score (nSPS) is 14.7. The number of furan rings is 1. The summed E-state index contributed by atoms with van der Waals surface area (Å²) in [5.74, 6) is 2.11. The van der Waals surface area contributed by atoms with E-state index in [1.54, 1.807) is 17.3 Å². The molecule has 1 aliphatic heterocycles. The zero-order chi connectivity index (χ0) is 20.3. The van der Waals surface area contributed by atoms with Crippen LogP contribution in [0, 0.1) is 5.92 Å². The molecule has 1 N–H and O–H groups in total. The number of amides is 1. The van der Waals surface area contributed by atoms with Crippen LogP contribution in [-0.2, 0) is 4.79 Å². The van der Waals surface area contributed by atoms with Crippen molar-refractivity contribution in [1.29, 1.82) is 0 Å². The van der Waals surface area contributed by atoms with E-state index in [1.165, 1.54) is 24.0 Å². The van der Waals surface area contributed by atoms with E-state index in [2.05, 4.69) is 35.3 Å². The molecule has 0 unspecified atom stereocenters. The first kappa shape index (κ1) is 18.4. The fourth-order valence-electron chi connectivity index (χ4n) is 3.41. The summed E-state index contributed by atoms with van der Waals surface area (Å²) in [5, 5.41) is 9.50. The van der Waals surface area contributed by atoms with E-state index in [0.29, 0.717) is 16.7 Å². The molecule has 5 rings (SSSR count). The molecule has 152 valence electrons. The van der Waals surface area contributed by atoms with Gasteiger partial charge in [-0.15, -0.1) is 11.3 Å². The van der Waals surface area contributed by atoms with Gasteiger partial charge in [0, 0.05) is 30.5 Å². The second-order valence-electron chi connectivity index (χ2n) is 6.84. The number of carbonyl (C=O) groups is 1. The summed E-state index contributed by atoms with van der Waals surface area (Å²) in [6, 6.07) is 5.53. The van der Waals surface area contributed by atoms with Crippen molar-refractivity contribution in [3.63, 3.8) is 0 Å². The molecule has 1 saturated heterocycles. The van der Waals surface area contributed by atoms with E-state index >= 15 is 0 Å². The van der Waals surface area contributed by atoms with Gasteiger partial charge in [0.2, 0.25) is 5.91 Å². The molecule has 0 bridgehead atoms. The molecule has 30 heavy (non-hydrogen) atoms. The molecule has 0 aliphatic carbocycles. The van der Waals surface area contributed by atoms with Gasteiger partial charge in [0.05, 0.1) is 6.26 Å². The smallest absolute Gasteiger partial charge is 0.229 e. The molecule has 11 heteroatoms. The standard InChI is InChI=1S/C19H18N8O2S/c28-18(25-19-24-14(9-30-19)15-2-1-7-29-15)13-3-5-26(6-4-13)16-8-17(22-11-21-16)27-12-20-10-23-27/h1-2,7-13H,3-6H2,(H,24,25,28). The molecule has 1 fully saturated rings. The maximum absolute atomic E-state index is 12.7. The highest BCUT2D eigenvalue weighted by atomic mass is 32.1. The Morgan fingerprint density at radius 2 is 2.07 bits per heavy atom. The topological polar surface area (TPSA) is 115 Å². The number of hydrogen-bond acceptors (Lipinski definition) is 9. The van der Waals surface area contributed by atoms with Crippen LogP contribution in [0.1, 0.15) is 12.8 Å². The van der Waals surface area contributed by atoms with Crippen molar-refractivity contribution in [1.82, 2.24) is 29.7 Å². The molecule has 10 nitrogen and oxygen atoms in total. The van der Waals surface area contributed by atoms with Gasteiger partial charge >= 0.3 is 0 Å². The highest BCUT2D eigenvalue weighted by molar-refractivity contribution is 7.14. The molecule has 5 heterocycles. The monoisotopic (exact) mass is 422 g/mol. The molecule has 0 spiro atoms. The van der Waals surface area contributed by atoms with E-state index in [4.69, 9.17) is 4.42 Å². The van der Waals surface area contributed by atoms with Gasteiger partial charge in [-0.1, -0.05) is 0 Å². The van der Waals surface area contributed by atoms with Crippen molar-refractivity contribution in [3.8, 4) is 17.3 Å². The largest absolute Gasteiger partial charge is 0.463 e. The summed E-state index contributed by atoms with van der Waals surface area (Å²) in [4.78, 5) is 31.8. The SMILES string of the molecule is O=C(Nc1nc(-c2ccco2)cs1)C1CCN(c2cc(-n3cncn3)ncn2)CC1. The summed E-state index contributed by atoms with van der Waals surface area (Å²) in [5.41, 5.74) is 0.724. The number of hydrogen-bond donors (Lipinski definition) is 1. The van der Waals surface area contributed by atoms with Crippen LogP contribution in [0.5, 0.6) is 0 Å². The Bertz CT molecular complexity index is 1120. The minimum Gasteiger partial charge on any atom is -0.463 e. The molecule has 4 aromatic heterocycles. The van der Waals surface area contributed by atoms with Gasteiger partial charge in [0.25, 0.3) is 0 Å². The van der Waals surface area contributed by atoms with E-state index in [0.717, 1.165) is 37.4 Å². The highest BCUT2D eigenvalue weighted by Gasteiger charge is 2.26. The lowest BCUT2D eigenvalue weighted by molar-refractivity contribution is -0.120. The summed E-state index contributed by atoms with van der Waals surface area (Å²) in [6.45, 7) is 1.48. The average Bonchev–Trinajstić information content (AvgIpc) is 3.56. The molecule has 1 amide bonds. The zero-order valence-corrected chi connectivity index (χ0v) is 16.7. The molecular weight excluding hydrogens is 404 g/mol. The van der Waals surface area contributed by atoms with Crippen LogP contribution in [0.3, 0.4) is 0 Å². The maximum atomic E-state index is 12.7. The fraction of sp³-hybridized carbons (Fsp3) is 0.263. The number of rotatable bonds is 5. The number of thiazole rings is 1. The van der Waals surface area contributed by atoms with Crippen molar-refractivity contribution in [2.24, 2.45) is 5.92 Å². The minimum absolute atomic E-state index is 0.000914. The number of nitrogens with one attached hydrogen (secondary N) is 1. The van der Waals surface area contributed by atoms with Gasteiger partial charge in [-0.25, -0.2) is 24.6 Å². The summed E-state index contributed by atoms with van der Waals surface area (Å²) < 4.78 is 6.94. The lowest BCUT2D eigenvalue weighted by atomic mass is 9.96. The van der Waals surface area contributed by atoms with E-state index in [9.17, 15) is 4.79 Å². The number of piperidine rings is 1. The van der Waals surface area contributed by atoms with E-state index in [-0.39, 0.29) is 11.8 Å². The van der Waals surface area contributed by atoms with Crippen LogP contribution in [-0.4, -0.2) is 48.7 Å². The predicted molar refractivity (Wildman–Crippen MR) is 110 cm³/mol. The second-order valence-corrected chi connectivity index (χ2v) is 7.70. The maximum Gasteiger partial charge on any atom is 0.229 e. The number of carbonyl (C=O) groups excluding carboxylic acids is 1.